The third-order valence-corrected chi connectivity index (χ3v) is 9.38. The van der Waals surface area contributed by atoms with E-state index in [0.717, 1.165) is 30.6 Å². The van der Waals surface area contributed by atoms with Gasteiger partial charge in [0.05, 0.1) is 19.8 Å². The Bertz CT molecular complexity index is 1630. The van der Waals surface area contributed by atoms with Gasteiger partial charge in [-0.05, 0) is 98.8 Å². The molecule has 0 radical (unpaired) electrons. The number of aromatic nitrogens is 1. The number of halogens is 2. The first kappa shape index (κ1) is 21.8. The molecule has 0 unspecified atom stereocenters. The highest BCUT2D eigenvalue weighted by atomic mass is 127. The van der Waals surface area contributed by atoms with Crippen LogP contribution in [0.5, 0.6) is 5.75 Å². The molecule has 0 fully saturated rings. The Morgan fingerprint density at radius 1 is 1.12 bits per heavy atom. The lowest BCUT2D eigenvalue weighted by molar-refractivity contribution is 0.470. The lowest BCUT2D eigenvalue weighted by atomic mass is 9.85. The molecule has 1 aliphatic carbocycles. The summed E-state index contributed by atoms with van der Waals surface area (Å²) in [5, 5.41) is 12.6. The van der Waals surface area contributed by atoms with Gasteiger partial charge in [-0.1, -0.05) is 41.7 Å². The van der Waals surface area contributed by atoms with Crippen LogP contribution in [0.3, 0.4) is 0 Å². The first-order valence-electron chi connectivity index (χ1n) is 10.4. The zero-order chi connectivity index (χ0) is 22.7. The van der Waals surface area contributed by atoms with Gasteiger partial charge in [-0.3, -0.25) is 9.36 Å². The largest absolute Gasteiger partial charge is 0.506 e. The van der Waals surface area contributed by atoms with Crippen molar-refractivity contribution in [2.24, 2.45) is 4.99 Å². The number of nitrogens with zero attached hydrogens (tertiary/aromatic N) is 2. The van der Waals surface area contributed by atoms with Crippen LogP contribution in [-0.2, 0) is 6.42 Å². The van der Waals surface area contributed by atoms with Gasteiger partial charge in [0.15, 0.2) is 4.80 Å². The smallest absolute Gasteiger partial charge is 0.271 e. The molecule has 2 aromatic heterocycles. The number of phenols is 1. The Hall–Kier alpha value is -1.76. The van der Waals surface area contributed by atoms with Gasteiger partial charge in [0.1, 0.15) is 5.75 Å². The van der Waals surface area contributed by atoms with Gasteiger partial charge in [0.25, 0.3) is 5.56 Å². The Labute approximate surface area is 224 Å². The fourth-order valence-electron chi connectivity index (χ4n) is 4.56. The molecule has 164 valence electrons. The number of thiazole rings is 1. The van der Waals surface area contributed by atoms with Crippen molar-refractivity contribution < 1.29 is 5.11 Å². The van der Waals surface area contributed by atoms with Crippen molar-refractivity contribution in [2.75, 3.05) is 0 Å². The summed E-state index contributed by atoms with van der Waals surface area (Å²) in [4.78, 5) is 20.6. The molecular weight excluding hydrogens is 678 g/mol. The van der Waals surface area contributed by atoms with Crippen molar-refractivity contribution in [3.05, 3.63) is 108 Å². The summed E-state index contributed by atoms with van der Waals surface area (Å²) < 4.78 is 4.21. The number of hydrogen-bond acceptors (Lipinski definition) is 5. The van der Waals surface area contributed by atoms with Crippen molar-refractivity contribution in [1.82, 2.24) is 4.57 Å². The van der Waals surface area contributed by atoms with E-state index in [1.165, 1.54) is 28.0 Å². The topological polar surface area (TPSA) is 54.6 Å². The fourth-order valence-corrected chi connectivity index (χ4v) is 8.28. The molecule has 0 saturated heterocycles. The molecule has 0 spiro atoms. The van der Waals surface area contributed by atoms with E-state index in [9.17, 15) is 9.90 Å². The van der Waals surface area contributed by atoms with Crippen molar-refractivity contribution in [2.45, 2.75) is 18.9 Å². The summed E-state index contributed by atoms with van der Waals surface area (Å²) in [6, 6.07) is 16.3. The van der Waals surface area contributed by atoms with Gasteiger partial charge in [-0.15, -0.1) is 11.3 Å². The average Bonchev–Trinajstić information content (AvgIpc) is 3.44. The Balaban J connectivity index is 1.63. The standard InChI is InChI=1S/C25H16I2N2O2S2/c26-15-10-14(23(30)18(27)12-15)11-20-24(31)29-22(19-6-3-9-32-19)17-8-7-13-4-1-2-5-16(13)21(17)28-25(29)33-20/h1-6,9-12,22,30H,7-8H2/b20-11+/t22-/m1/s1. The minimum absolute atomic E-state index is 0.0594. The summed E-state index contributed by atoms with van der Waals surface area (Å²) in [7, 11) is 0. The minimum atomic E-state index is -0.142. The van der Waals surface area contributed by atoms with E-state index in [1.807, 2.05) is 22.8 Å². The molecule has 0 amide bonds. The number of fused-ring (bicyclic) bond motifs is 3. The van der Waals surface area contributed by atoms with Crippen LogP contribution in [-0.4, -0.2) is 9.67 Å². The van der Waals surface area contributed by atoms with Gasteiger partial charge < -0.3 is 5.11 Å². The highest BCUT2D eigenvalue weighted by Crippen LogP contribution is 2.42. The molecule has 8 heteroatoms. The van der Waals surface area contributed by atoms with Crippen molar-refractivity contribution >= 4 is 79.6 Å². The third-order valence-electron chi connectivity index (χ3n) is 6.03. The second kappa shape index (κ2) is 8.47. The van der Waals surface area contributed by atoms with E-state index in [-0.39, 0.29) is 17.4 Å². The van der Waals surface area contributed by atoms with Crippen LogP contribution in [0.15, 0.2) is 69.3 Å². The molecule has 1 aliphatic heterocycles. The van der Waals surface area contributed by atoms with E-state index in [2.05, 4.69) is 80.9 Å². The Kier molecular flexibility index (Phi) is 5.58. The maximum Gasteiger partial charge on any atom is 0.271 e. The lowest BCUT2D eigenvalue weighted by Gasteiger charge is -2.30. The van der Waals surface area contributed by atoms with Gasteiger partial charge in [0, 0.05) is 19.6 Å². The number of thiophene rings is 1. The maximum absolute atomic E-state index is 13.7. The van der Waals surface area contributed by atoms with E-state index < -0.39 is 0 Å². The normalized spacial score (nSPS) is 17.4. The molecule has 2 aliphatic rings. The molecule has 6 rings (SSSR count). The monoisotopic (exact) mass is 694 g/mol. The van der Waals surface area contributed by atoms with Gasteiger partial charge in [0.2, 0.25) is 0 Å². The van der Waals surface area contributed by atoms with E-state index in [0.29, 0.717) is 14.9 Å². The molecular formula is C25H16I2N2O2S2. The number of allylic oxidation sites excluding steroid dienone is 1. The van der Waals surface area contributed by atoms with E-state index in [1.54, 1.807) is 17.4 Å². The number of rotatable bonds is 2. The van der Waals surface area contributed by atoms with Crippen molar-refractivity contribution in [3.8, 4) is 5.75 Å². The first-order chi connectivity index (χ1) is 16.0. The molecule has 0 saturated carbocycles. The molecule has 2 aromatic carbocycles. The molecule has 33 heavy (non-hydrogen) atoms. The van der Waals surface area contributed by atoms with E-state index in [4.69, 9.17) is 4.99 Å². The molecule has 4 nitrogen and oxygen atoms in total. The summed E-state index contributed by atoms with van der Waals surface area (Å²) in [5.74, 6) is 0.199. The molecule has 1 N–H and O–H groups in total. The zero-order valence-corrected chi connectivity index (χ0v) is 23.0. The number of benzene rings is 2. The number of aryl methyl sites for hydroxylation is 1. The highest BCUT2D eigenvalue weighted by molar-refractivity contribution is 14.1. The van der Waals surface area contributed by atoms with Crippen LogP contribution in [0, 0.1) is 7.14 Å². The highest BCUT2D eigenvalue weighted by Gasteiger charge is 2.33. The van der Waals surface area contributed by atoms with Crippen LogP contribution in [0.25, 0.3) is 11.8 Å². The summed E-state index contributed by atoms with van der Waals surface area (Å²) in [6.45, 7) is 0. The SMILES string of the molecule is O=c1/c(=C\c2cc(I)cc(I)c2O)sc2n1[C@@H](c1cccs1)C1=C(N=2)c2ccccc2CC1. The van der Waals surface area contributed by atoms with Crippen LogP contribution in [0.1, 0.15) is 34.0 Å². The summed E-state index contributed by atoms with van der Waals surface area (Å²) >= 11 is 7.41. The third kappa shape index (κ3) is 3.65. The number of phenolic OH excluding ortho intramolecular Hbond substituents is 1. The molecule has 4 aromatic rings. The second-order valence-corrected chi connectivity index (χ2v) is 12.4. The van der Waals surface area contributed by atoms with Gasteiger partial charge in [-0.2, -0.15) is 0 Å². The maximum atomic E-state index is 13.7. The number of aromatic hydroxyl groups is 1. The predicted octanol–water partition coefficient (Wildman–Crippen LogP) is 5.30. The van der Waals surface area contributed by atoms with Crippen LogP contribution < -0.4 is 14.9 Å². The van der Waals surface area contributed by atoms with Crippen molar-refractivity contribution in [1.29, 1.82) is 0 Å². The molecule has 1 atom stereocenters. The molecule has 3 heterocycles. The van der Waals surface area contributed by atoms with Crippen LogP contribution >= 0.6 is 67.9 Å². The lowest BCUT2D eigenvalue weighted by Crippen LogP contribution is -2.38. The molecule has 0 bridgehead atoms. The summed E-state index contributed by atoms with van der Waals surface area (Å²) in [5.41, 5.74) is 5.29. The predicted molar refractivity (Wildman–Crippen MR) is 151 cm³/mol. The zero-order valence-electron chi connectivity index (χ0n) is 17.1. The van der Waals surface area contributed by atoms with Gasteiger partial charge in [-0.25, -0.2) is 4.99 Å². The van der Waals surface area contributed by atoms with Crippen LogP contribution in [0.4, 0.5) is 0 Å². The first-order valence-corrected chi connectivity index (χ1v) is 14.2. The number of hydrogen-bond donors (Lipinski definition) is 1. The average molecular weight is 694 g/mol. The Morgan fingerprint density at radius 3 is 2.79 bits per heavy atom. The quantitative estimate of drug-likeness (QED) is 0.290. The second-order valence-electron chi connectivity index (χ2n) is 7.95. The van der Waals surface area contributed by atoms with Crippen molar-refractivity contribution in [3.63, 3.8) is 0 Å². The summed E-state index contributed by atoms with van der Waals surface area (Å²) in [6.07, 6.45) is 3.63. The minimum Gasteiger partial charge on any atom is -0.506 e. The van der Waals surface area contributed by atoms with E-state index >= 15 is 0 Å². The fraction of sp³-hybridized carbons (Fsp3) is 0.120. The van der Waals surface area contributed by atoms with Crippen LogP contribution in [0.2, 0.25) is 0 Å². The van der Waals surface area contributed by atoms with Gasteiger partial charge >= 0.3 is 0 Å². The Morgan fingerprint density at radius 2 is 1.97 bits per heavy atom.